The first kappa shape index (κ1) is 13.4. The summed E-state index contributed by atoms with van der Waals surface area (Å²) in [7, 11) is 1.46. The number of carboxylic acid groups (broad SMARTS) is 1. The molecule has 0 aromatic carbocycles. The lowest BCUT2D eigenvalue weighted by Crippen LogP contribution is -2.41. The van der Waals surface area contributed by atoms with E-state index in [9.17, 15) is 9.59 Å². The first-order chi connectivity index (χ1) is 7.97. The van der Waals surface area contributed by atoms with Gasteiger partial charge in [-0.2, -0.15) is 0 Å². The molecule has 1 N–H and O–H groups in total. The molecule has 0 aliphatic heterocycles. The standard InChI is InChI=1S/C11H13ClN2O3/c1-3-8(11(16)17)14(2)10(15)7-4-5-13-9(12)6-7/h4-6,8H,3H2,1-2H3,(H,16,17). The number of carbonyl (C=O) groups is 2. The van der Waals surface area contributed by atoms with Crippen molar-refractivity contribution in [3.05, 3.63) is 29.0 Å². The smallest absolute Gasteiger partial charge is 0.326 e. The van der Waals surface area contributed by atoms with Crippen LogP contribution in [0.2, 0.25) is 5.15 Å². The van der Waals surface area contributed by atoms with Gasteiger partial charge < -0.3 is 10.0 Å². The van der Waals surface area contributed by atoms with Crippen molar-refractivity contribution in [2.75, 3.05) is 7.05 Å². The minimum atomic E-state index is -1.02. The Labute approximate surface area is 104 Å². The van der Waals surface area contributed by atoms with Crippen LogP contribution in [0.5, 0.6) is 0 Å². The van der Waals surface area contributed by atoms with Crippen LogP contribution in [0, 0.1) is 0 Å². The van der Waals surface area contributed by atoms with Crippen LogP contribution in [0.25, 0.3) is 0 Å². The number of nitrogens with zero attached hydrogens (tertiary/aromatic N) is 2. The van der Waals surface area contributed by atoms with Crippen molar-refractivity contribution in [2.24, 2.45) is 0 Å². The molecule has 0 aliphatic rings. The Hall–Kier alpha value is -1.62. The molecule has 1 unspecified atom stereocenters. The second-order valence-corrected chi connectivity index (χ2v) is 3.93. The Kier molecular flexibility index (Phi) is 4.45. The Morgan fingerprint density at radius 3 is 2.71 bits per heavy atom. The van der Waals surface area contributed by atoms with Gasteiger partial charge in [-0.1, -0.05) is 18.5 Å². The van der Waals surface area contributed by atoms with Crippen LogP contribution in [-0.2, 0) is 4.79 Å². The van der Waals surface area contributed by atoms with E-state index in [4.69, 9.17) is 16.7 Å². The van der Waals surface area contributed by atoms with E-state index in [1.165, 1.54) is 30.3 Å². The van der Waals surface area contributed by atoms with E-state index in [2.05, 4.69) is 4.98 Å². The van der Waals surface area contributed by atoms with E-state index < -0.39 is 12.0 Å². The monoisotopic (exact) mass is 256 g/mol. The Morgan fingerprint density at radius 1 is 1.59 bits per heavy atom. The van der Waals surface area contributed by atoms with Crippen LogP contribution in [0.15, 0.2) is 18.3 Å². The van der Waals surface area contributed by atoms with Gasteiger partial charge in [-0.15, -0.1) is 0 Å². The van der Waals surface area contributed by atoms with Crippen LogP contribution in [0.1, 0.15) is 23.7 Å². The normalized spacial score (nSPS) is 11.9. The number of likely N-dealkylation sites (N-methyl/N-ethyl adjacent to an activating group) is 1. The van der Waals surface area contributed by atoms with Crippen LogP contribution < -0.4 is 0 Å². The van der Waals surface area contributed by atoms with Crippen molar-refractivity contribution >= 4 is 23.5 Å². The zero-order valence-electron chi connectivity index (χ0n) is 9.55. The van der Waals surface area contributed by atoms with E-state index in [1.807, 2.05) is 0 Å². The van der Waals surface area contributed by atoms with Gasteiger partial charge in [-0.25, -0.2) is 9.78 Å². The van der Waals surface area contributed by atoms with Gasteiger partial charge in [0.25, 0.3) is 5.91 Å². The zero-order chi connectivity index (χ0) is 13.0. The summed E-state index contributed by atoms with van der Waals surface area (Å²) >= 11 is 5.67. The number of aromatic nitrogens is 1. The Balaban J connectivity index is 2.93. The molecule has 0 saturated carbocycles. The molecule has 0 fully saturated rings. The maximum atomic E-state index is 12.0. The second kappa shape index (κ2) is 5.63. The lowest BCUT2D eigenvalue weighted by Gasteiger charge is -2.23. The summed E-state index contributed by atoms with van der Waals surface area (Å²) < 4.78 is 0. The van der Waals surface area contributed by atoms with E-state index >= 15 is 0 Å². The minimum Gasteiger partial charge on any atom is -0.480 e. The van der Waals surface area contributed by atoms with Crippen molar-refractivity contribution < 1.29 is 14.7 Å². The number of hydrogen-bond donors (Lipinski definition) is 1. The van der Waals surface area contributed by atoms with Gasteiger partial charge in [-0.05, 0) is 18.6 Å². The number of hydrogen-bond acceptors (Lipinski definition) is 3. The van der Waals surface area contributed by atoms with Gasteiger partial charge in [0.2, 0.25) is 0 Å². The van der Waals surface area contributed by atoms with Gasteiger partial charge in [0.15, 0.2) is 0 Å². The third-order valence-corrected chi connectivity index (χ3v) is 2.64. The van der Waals surface area contributed by atoms with Gasteiger partial charge in [-0.3, -0.25) is 4.79 Å². The summed E-state index contributed by atoms with van der Waals surface area (Å²) in [6.07, 6.45) is 1.75. The molecule has 0 bridgehead atoms. The highest BCUT2D eigenvalue weighted by Gasteiger charge is 2.25. The Morgan fingerprint density at radius 2 is 2.24 bits per heavy atom. The van der Waals surface area contributed by atoms with Crippen molar-refractivity contribution in [3.8, 4) is 0 Å². The third-order valence-electron chi connectivity index (χ3n) is 2.43. The average Bonchev–Trinajstić information content (AvgIpc) is 2.28. The molecule has 17 heavy (non-hydrogen) atoms. The molecule has 1 heterocycles. The number of halogens is 1. The summed E-state index contributed by atoms with van der Waals surface area (Å²) in [4.78, 5) is 27.9. The first-order valence-corrected chi connectivity index (χ1v) is 5.46. The summed E-state index contributed by atoms with van der Waals surface area (Å²) in [6.45, 7) is 1.71. The average molecular weight is 257 g/mol. The minimum absolute atomic E-state index is 0.202. The summed E-state index contributed by atoms with van der Waals surface area (Å²) in [5.74, 6) is -1.41. The third kappa shape index (κ3) is 3.17. The molecule has 1 amide bonds. The lowest BCUT2D eigenvalue weighted by molar-refractivity contribution is -0.142. The summed E-state index contributed by atoms with van der Waals surface area (Å²) in [5, 5.41) is 9.16. The number of carboxylic acids is 1. The van der Waals surface area contributed by atoms with Gasteiger partial charge in [0.05, 0.1) is 0 Å². The lowest BCUT2D eigenvalue weighted by atomic mass is 10.1. The van der Waals surface area contributed by atoms with Gasteiger partial charge in [0.1, 0.15) is 11.2 Å². The zero-order valence-corrected chi connectivity index (χ0v) is 10.3. The first-order valence-electron chi connectivity index (χ1n) is 5.09. The highest BCUT2D eigenvalue weighted by Crippen LogP contribution is 2.12. The van der Waals surface area contributed by atoms with Crippen molar-refractivity contribution in [1.82, 2.24) is 9.88 Å². The second-order valence-electron chi connectivity index (χ2n) is 3.55. The predicted octanol–water partition coefficient (Wildman–Crippen LogP) is 1.67. The van der Waals surface area contributed by atoms with Crippen LogP contribution >= 0.6 is 11.6 Å². The topological polar surface area (TPSA) is 70.5 Å². The summed E-state index contributed by atoms with van der Waals surface area (Å²) in [6, 6.07) is 2.07. The Bertz CT molecular complexity index is 436. The molecule has 0 spiro atoms. The molecule has 1 rings (SSSR count). The number of aliphatic carboxylic acids is 1. The van der Waals surface area contributed by atoms with E-state index in [-0.39, 0.29) is 11.1 Å². The van der Waals surface area contributed by atoms with Crippen LogP contribution in [0.4, 0.5) is 0 Å². The van der Waals surface area contributed by atoms with Crippen molar-refractivity contribution in [2.45, 2.75) is 19.4 Å². The predicted molar refractivity (Wildman–Crippen MR) is 63.1 cm³/mol. The largest absolute Gasteiger partial charge is 0.480 e. The van der Waals surface area contributed by atoms with Crippen molar-refractivity contribution in [1.29, 1.82) is 0 Å². The molecular formula is C11H13ClN2O3. The van der Waals surface area contributed by atoms with E-state index in [1.54, 1.807) is 6.92 Å². The highest BCUT2D eigenvalue weighted by atomic mass is 35.5. The molecule has 0 saturated heterocycles. The molecule has 1 aromatic rings. The van der Waals surface area contributed by atoms with E-state index in [0.29, 0.717) is 12.0 Å². The number of carbonyl (C=O) groups excluding carboxylic acids is 1. The van der Waals surface area contributed by atoms with Crippen LogP contribution in [-0.4, -0.2) is 40.0 Å². The molecule has 5 nitrogen and oxygen atoms in total. The van der Waals surface area contributed by atoms with E-state index in [0.717, 1.165) is 0 Å². The number of rotatable bonds is 4. The summed E-state index contributed by atoms with van der Waals surface area (Å²) in [5.41, 5.74) is 0.326. The van der Waals surface area contributed by atoms with Gasteiger partial charge in [0, 0.05) is 18.8 Å². The fourth-order valence-corrected chi connectivity index (χ4v) is 1.67. The maximum absolute atomic E-state index is 12.0. The molecule has 92 valence electrons. The van der Waals surface area contributed by atoms with Gasteiger partial charge >= 0.3 is 5.97 Å². The molecule has 0 radical (unpaired) electrons. The fourth-order valence-electron chi connectivity index (χ4n) is 1.49. The molecule has 0 aliphatic carbocycles. The molecular weight excluding hydrogens is 244 g/mol. The maximum Gasteiger partial charge on any atom is 0.326 e. The number of pyridine rings is 1. The molecule has 6 heteroatoms. The fraction of sp³-hybridized carbons (Fsp3) is 0.364. The SMILES string of the molecule is CCC(C(=O)O)N(C)C(=O)c1ccnc(Cl)c1. The molecule has 1 atom stereocenters. The molecule has 1 aromatic heterocycles. The number of amides is 1. The quantitative estimate of drug-likeness (QED) is 0.832. The highest BCUT2D eigenvalue weighted by molar-refractivity contribution is 6.29. The van der Waals surface area contributed by atoms with Crippen LogP contribution in [0.3, 0.4) is 0 Å². The van der Waals surface area contributed by atoms with Crippen molar-refractivity contribution in [3.63, 3.8) is 0 Å².